The van der Waals surface area contributed by atoms with Crippen molar-refractivity contribution < 1.29 is 4.92 Å². The molecule has 0 fully saturated rings. The van der Waals surface area contributed by atoms with E-state index < -0.39 is 4.92 Å². The molecule has 5 nitrogen and oxygen atoms in total. The van der Waals surface area contributed by atoms with Crippen molar-refractivity contribution in [2.45, 2.75) is 0 Å². The third-order valence-electron chi connectivity index (χ3n) is 2.08. The van der Waals surface area contributed by atoms with Gasteiger partial charge in [-0.1, -0.05) is 18.2 Å². The SMILES string of the molecule is O=[N+]([O-])c1cccc(/C=N/c2ccccn2)c1. The van der Waals surface area contributed by atoms with Crippen LogP contribution in [0.4, 0.5) is 11.5 Å². The zero-order chi connectivity index (χ0) is 12.1. The van der Waals surface area contributed by atoms with E-state index in [-0.39, 0.29) is 5.69 Å². The normalized spacial score (nSPS) is 10.6. The van der Waals surface area contributed by atoms with Crippen molar-refractivity contribution in [1.82, 2.24) is 4.98 Å². The summed E-state index contributed by atoms with van der Waals surface area (Å²) in [7, 11) is 0. The lowest BCUT2D eigenvalue weighted by Crippen LogP contribution is -1.89. The Labute approximate surface area is 97.6 Å². The number of benzene rings is 1. The first kappa shape index (κ1) is 10.9. The Bertz CT molecular complexity index is 553. The Kier molecular flexibility index (Phi) is 3.20. The Morgan fingerprint density at radius 2 is 2.12 bits per heavy atom. The van der Waals surface area contributed by atoms with E-state index in [2.05, 4.69) is 9.98 Å². The van der Waals surface area contributed by atoms with Crippen molar-refractivity contribution in [1.29, 1.82) is 0 Å². The number of rotatable bonds is 3. The number of pyridine rings is 1. The molecule has 0 aliphatic rings. The molecule has 2 aromatic rings. The Morgan fingerprint density at radius 1 is 1.24 bits per heavy atom. The first-order valence-corrected chi connectivity index (χ1v) is 4.95. The monoisotopic (exact) mass is 227 g/mol. The molecule has 0 unspecified atom stereocenters. The fourth-order valence-corrected chi connectivity index (χ4v) is 1.29. The predicted octanol–water partition coefficient (Wildman–Crippen LogP) is 2.74. The number of hydrogen-bond donors (Lipinski definition) is 0. The van der Waals surface area contributed by atoms with E-state index in [1.165, 1.54) is 12.1 Å². The van der Waals surface area contributed by atoms with Crippen molar-refractivity contribution in [2.75, 3.05) is 0 Å². The quantitative estimate of drug-likeness (QED) is 0.460. The second kappa shape index (κ2) is 4.98. The molecule has 1 heterocycles. The first-order valence-electron chi connectivity index (χ1n) is 4.95. The summed E-state index contributed by atoms with van der Waals surface area (Å²) in [5, 5.41) is 10.6. The van der Waals surface area contributed by atoms with Crippen molar-refractivity contribution in [3.63, 3.8) is 0 Å². The average molecular weight is 227 g/mol. The minimum Gasteiger partial charge on any atom is -0.258 e. The van der Waals surface area contributed by atoms with Crippen molar-refractivity contribution in [2.24, 2.45) is 4.99 Å². The molecule has 17 heavy (non-hydrogen) atoms. The van der Waals surface area contributed by atoms with Gasteiger partial charge in [-0.2, -0.15) is 0 Å². The summed E-state index contributed by atoms with van der Waals surface area (Å²) in [6.07, 6.45) is 3.19. The van der Waals surface area contributed by atoms with Crippen molar-refractivity contribution in [3.05, 3.63) is 64.3 Å². The van der Waals surface area contributed by atoms with Crippen LogP contribution in [0.1, 0.15) is 5.56 Å². The van der Waals surface area contributed by atoms with Gasteiger partial charge in [-0.25, -0.2) is 9.98 Å². The number of nitro groups is 1. The van der Waals surface area contributed by atoms with E-state index in [9.17, 15) is 10.1 Å². The molecule has 0 spiro atoms. The van der Waals surface area contributed by atoms with Crippen LogP contribution in [0.5, 0.6) is 0 Å². The Morgan fingerprint density at radius 3 is 2.82 bits per heavy atom. The van der Waals surface area contributed by atoms with Crippen LogP contribution in [0.15, 0.2) is 53.7 Å². The number of aliphatic imine (C=N–C) groups is 1. The fraction of sp³-hybridized carbons (Fsp3) is 0. The van der Waals surface area contributed by atoms with Gasteiger partial charge in [-0.15, -0.1) is 0 Å². The topological polar surface area (TPSA) is 68.4 Å². The van der Waals surface area contributed by atoms with Gasteiger partial charge < -0.3 is 0 Å². The zero-order valence-corrected chi connectivity index (χ0v) is 8.85. The van der Waals surface area contributed by atoms with E-state index in [0.29, 0.717) is 11.4 Å². The van der Waals surface area contributed by atoms with Gasteiger partial charge in [-0.05, 0) is 17.7 Å². The maximum absolute atomic E-state index is 10.6. The number of nitrogens with zero attached hydrogens (tertiary/aromatic N) is 3. The highest BCUT2D eigenvalue weighted by Gasteiger charge is 2.03. The van der Waals surface area contributed by atoms with E-state index >= 15 is 0 Å². The molecule has 0 saturated heterocycles. The standard InChI is InChI=1S/C12H9N3O2/c16-15(17)11-5-3-4-10(8-11)9-14-12-6-1-2-7-13-12/h1-9H/b14-9+. The van der Waals surface area contributed by atoms with Crippen LogP contribution in [0.3, 0.4) is 0 Å². The molecular weight excluding hydrogens is 218 g/mol. The van der Waals surface area contributed by atoms with Gasteiger partial charge in [0.15, 0.2) is 5.82 Å². The first-order chi connectivity index (χ1) is 8.25. The molecule has 0 radical (unpaired) electrons. The minimum absolute atomic E-state index is 0.0509. The Balaban J connectivity index is 2.22. The highest BCUT2D eigenvalue weighted by Crippen LogP contribution is 2.12. The molecule has 0 bridgehead atoms. The van der Waals surface area contributed by atoms with E-state index in [0.717, 1.165) is 0 Å². The van der Waals surface area contributed by atoms with Crippen LogP contribution in [-0.4, -0.2) is 16.1 Å². The lowest BCUT2D eigenvalue weighted by atomic mass is 10.2. The van der Waals surface area contributed by atoms with Gasteiger partial charge in [0, 0.05) is 24.5 Å². The van der Waals surface area contributed by atoms with Crippen LogP contribution >= 0.6 is 0 Å². The number of aromatic nitrogens is 1. The van der Waals surface area contributed by atoms with Crippen LogP contribution in [0, 0.1) is 10.1 Å². The average Bonchev–Trinajstić information content (AvgIpc) is 2.38. The molecule has 0 N–H and O–H groups in total. The molecule has 0 saturated carbocycles. The molecule has 0 atom stereocenters. The molecule has 0 amide bonds. The smallest absolute Gasteiger partial charge is 0.258 e. The maximum Gasteiger partial charge on any atom is 0.270 e. The summed E-state index contributed by atoms with van der Waals surface area (Å²) in [4.78, 5) is 18.3. The highest BCUT2D eigenvalue weighted by molar-refractivity contribution is 5.82. The van der Waals surface area contributed by atoms with Gasteiger partial charge in [0.2, 0.25) is 0 Å². The lowest BCUT2D eigenvalue weighted by Gasteiger charge is -1.94. The number of non-ortho nitro benzene ring substituents is 1. The van der Waals surface area contributed by atoms with Crippen LogP contribution in [0.25, 0.3) is 0 Å². The summed E-state index contributed by atoms with van der Waals surface area (Å²) in [6.45, 7) is 0. The second-order valence-electron chi connectivity index (χ2n) is 3.30. The molecule has 5 heteroatoms. The molecule has 0 aliphatic heterocycles. The largest absolute Gasteiger partial charge is 0.270 e. The van der Waals surface area contributed by atoms with Gasteiger partial charge >= 0.3 is 0 Å². The molecule has 0 aliphatic carbocycles. The lowest BCUT2D eigenvalue weighted by molar-refractivity contribution is -0.384. The number of nitro benzene ring substituents is 1. The van der Waals surface area contributed by atoms with Crippen LogP contribution in [-0.2, 0) is 0 Å². The molecule has 1 aromatic carbocycles. The van der Waals surface area contributed by atoms with Crippen LogP contribution < -0.4 is 0 Å². The highest BCUT2D eigenvalue weighted by atomic mass is 16.6. The molecular formula is C12H9N3O2. The Hall–Kier alpha value is -2.56. The summed E-state index contributed by atoms with van der Waals surface area (Å²) in [5.41, 5.74) is 0.722. The van der Waals surface area contributed by atoms with E-state index in [4.69, 9.17) is 0 Å². The molecule has 84 valence electrons. The number of hydrogen-bond acceptors (Lipinski definition) is 4. The van der Waals surface area contributed by atoms with Crippen LogP contribution in [0.2, 0.25) is 0 Å². The third-order valence-corrected chi connectivity index (χ3v) is 2.08. The van der Waals surface area contributed by atoms with Gasteiger partial charge in [-0.3, -0.25) is 10.1 Å². The predicted molar refractivity (Wildman–Crippen MR) is 64.6 cm³/mol. The second-order valence-corrected chi connectivity index (χ2v) is 3.30. The minimum atomic E-state index is -0.432. The van der Waals surface area contributed by atoms with E-state index in [1.807, 2.05) is 6.07 Å². The summed E-state index contributed by atoms with van der Waals surface area (Å²) < 4.78 is 0. The summed E-state index contributed by atoms with van der Waals surface area (Å²) >= 11 is 0. The zero-order valence-electron chi connectivity index (χ0n) is 8.85. The summed E-state index contributed by atoms with van der Waals surface area (Å²) in [6, 6.07) is 11.7. The fourth-order valence-electron chi connectivity index (χ4n) is 1.29. The molecule has 2 rings (SSSR count). The molecule has 1 aromatic heterocycles. The maximum atomic E-state index is 10.6. The van der Waals surface area contributed by atoms with E-state index in [1.54, 1.807) is 36.7 Å². The third kappa shape index (κ3) is 2.94. The van der Waals surface area contributed by atoms with Crippen molar-refractivity contribution in [3.8, 4) is 0 Å². The summed E-state index contributed by atoms with van der Waals surface area (Å²) in [5.74, 6) is 0.569. The van der Waals surface area contributed by atoms with Gasteiger partial charge in [0.05, 0.1) is 4.92 Å². The van der Waals surface area contributed by atoms with Gasteiger partial charge in [0.25, 0.3) is 5.69 Å². The van der Waals surface area contributed by atoms with Crippen molar-refractivity contribution >= 4 is 17.7 Å². The van der Waals surface area contributed by atoms with Gasteiger partial charge in [0.1, 0.15) is 0 Å².